The van der Waals surface area contributed by atoms with Crippen molar-refractivity contribution in [2.24, 2.45) is 5.92 Å². The van der Waals surface area contributed by atoms with Gasteiger partial charge in [0, 0.05) is 29.9 Å². The summed E-state index contributed by atoms with van der Waals surface area (Å²) < 4.78 is 27.4. The van der Waals surface area contributed by atoms with E-state index in [0.717, 1.165) is 35.3 Å². The Morgan fingerprint density at radius 3 is 2.47 bits per heavy atom. The van der Waals surface area contributed by atoms with Gasteiger partial charge in [0.25, 0.3) is 5.91 Å². The van der Waals surface area contributed by atoms with Gasteiger partial charge in [0.05, 0.1) is 15.9 Å². The Balaban J connectivity index is 1.30. The lowest BCUT2D eigenvalue weighted by Gasteiger charge is -2.29. The van der Waals surface area contributed by atoms with Gasteiger partial charge in [-0.25, -0.2) is 13.4 Å². The fourth-order valence-electron chi connectivity index (χ4n) is 4.19. The summed E-state index contributed by atoms with van der Waals surface area (Å²) in [6.45, 7) is 3.21. The van der Waals surface area contributed by atoms with Crippen molar-refractivity contribution in [3.63, 3.8) is 0 Å². The van der Waals surface area contributed by atoms with Gasteiger partial charge in [0.2, 0.25) is 10.0 Å². The molecular formula is C26H26N4O3S. The van der Waals surface area contributed by atoms with E-state index in [-0.39, 0.29) is 10.8 Å². The Morgan fingerprint density at radius 1 is 1.00 bits per heavy atom. The zero-order valence-corrected chi connectivity index (χ0v) is 19.7. The molecule has 0 bridgehead atoms. The van der Waals surface area contributed by atoms with E-state index < -0.39 is 10.0 Å². The number of fused-ring (bicyclic) bond motifs is 1. The van der Waals surface area contributed by atoms with Crippen LogP contribution in [0.4, 0.5) is 5.69 Å². The minimum Gasteiger partial charge on any atom is -0.338 e. The van der Waals surface area contributed by atoms with Gasteiger partial charge < -0.3 is 10.3 Å². The zero-order chi connectivity index (χ0) is 23.7. The molecule has 0 unspecified atom stereocenters. The number of aromatic amines is 1. The van der Waals surface area contributed by atoms with Crippen LogP contribution >= 0.6 is 0 Å². The van der Waals surface area contributed by atoms with Crippen LogP contribution in [0.5, 0.6) is 0 Å². The third-order valence-corrected chi connectivity index (χ3v) is 8.19. The number of sulfonamides is 1. The van der Waals surface area contributed by atoms with Crippen LogP contribution in [0.3, 0.4) is 0 Å². The van der Waals surface area contributed by atoms with Gasteiger partial charge in [-0.1, -0.05) is 31.2 Å². The highest BCUT2D eigenvalue weighted by molar-refractivity contribution is 7.89. The normalized spacial score (nSPS) is 15.4. The highest BCUT2D eigenvalue weighted by Crippen LogP contribution is 2.25. The molecule has 2 N–H and O–H groups in total. The molecule has 4 aromatic rings. The number of amides is 1. The van der Waals surface area contributed by atoms with E-state index in [0.29, 0.717) is 30.3 Å². The Kier molecular flexibility index (Phi) is 5.93. The fraction of sp³-hybridized carbons (Fsp3) is 0.231. The average Bonchev–Trinajstić information content (AvgIpc) is 3.29. The van der Waals surface area contributed by atoms with Crippen molar-refractivity contribution in [3.8, 4) is 11.4 Å². The van der Waals surface area contributed by atoms with Crippen molar-refractivity contribution in [2.45, 2.75) is 24.7 Å². The van der Waals surface area contributed by atoms with E-state index >= 15 is 0 Å². The number of para-hydroxylation sites is 2. The standard InChI is InChI=1S/C26H26N4O3S/c1-18-13-15-30(16-14-18)34(32,33)22-11-9-19(10-12-22)26(31)27-21-6-4-5-20(17-21)25-28-23-7-2-3-8-24(23)29-25/h2-12,17-18H,13-16H2,1H3,(H,27,31)(H,28,29). The lowest BCUT2D eigenvalue weighted by atomic mass is 10.0. The number of imidazole rings is 1. The summed E-state index contributed by atoms with van der Waals surface area (Å²) in [6, 6.07) is 21.4. The molecule has 0 saturated carbocycles. The summed E-state index contributed by atoms with van der Waals surface area (Å²) >= 11 is 0. The second-order valence-corrected chi connectivity index (χ2v) is 10.7. The van der Waals surface area contributed by atoms with Crippen LogP contribution in [-0.4, -0.2) is 41.7 Å². The quantitative estimate of drug-likeness (QED) is 0.430. The number of nitrogens with zero attached hydrogens (tertiary/aromatic N) is 2. The third-order valence-electron chi connectivity index (χ3n) is 6.28. The number of anilines is 1. The number of aromatic nitrogens is 2. The first kappa shape index (κ1) is 22.3. The molecule has 1 saturated heterocycles. The molecule has 7 nitrogen and oxygen atoms in total. The van der Waals surface area contributed by atoms with Crippen molar-refractivity contribution >= 4 is 32.7 Å². The summed E-state index contributed by atoms with van der Waals surface area (Å²) in [4.78, 5) is 20.9. The van der Waals surface area contributed by atoms with Gasteiger partial charge in [-0.2, -0.15) is 4.31 Å². The van der Waals surface area contributed by atoms with Crippen LogP contribution < -0.4 is 5.32 Å². The largest absolute Gasteiger partial charge is 0.338 e. The van der Waals surface area contributed by atoms with Crippen LogP contribution in [0.1, 0.15) is 30.1 Å². The van der Waals surface area contributed by atoms with Crippen LogP contribution in [-0.2, 0) is 10.0 Å². The summed E-state index contributed by atoms with van der Waals surface area (Å²) in [5.74, 6) is 0.958. The average molecular weight is 475 g/mol. The van der Waals surface area contributed by atoms with Gasteiger partial charge >= 0.3 is 0 Å². The summed E-state index contributed by atoms with van der Waals surface area (Å²) in [6.07, 6.45) is 1.74. The Labute approximate surface area is 198 Å². The van der Waals surface area contributed by atoms with E-state index in [1.807, 2.05) is 42.5 Å². The van der Waals surface area contributed by atoms with Crippen molar-refractivity contribution in [1.82, 2.24) is 14.3 Å². The van der Waals surface area contributed by atoms with Crippen molar-refractivity contribution in [3.05, 3.63) is 78.4 Å². The second kappa shape index (κ2) is 9.04. The Morgan fingerprint density at radius 2 is 1.74 bits per heavy atom. The first-order valence-corrected chi connectivity index (χ1v) is 12.8. The summed E-state index contributed by atoms with van der Waals surface area (Å²) in [5.41, 5.74) is 3.69. The smallest absolute Gasteiger partial charge is 0.255 e. The van der Waals surface area contributed by atoms with E-state index in [2.05, 4.69) is 22.2 Å². The molecule has 0 aliphatic carbocycles. The van der Waals surface area contributed by atoms with Gasteiger partial charge in [-0.15, -0.1) is 0 Å². The van der Waals surface area contributed by atoms with Crippen LogP contribution in [0.15, 0.2) is 77.7 Å². The van der Waals surface area contributed by atoms with E-state index in [1.165, 1.54) is 16.4 Å². The number of hydrogen-bond acceptors (Lipinski definition) is 4. The highest BCUT2D eigenvalue weighted by Gasteiger charge is 2.28. The topological polar surface area (TPSA) is 95.2 Å². The maximum absolute atomic E-state index is 12.9. The van der Waals surface area contributed by atoms with Crippen molar-refractivity contribution in [1.29, 1.82) is 0 Å². The lowest BCUT2D eigenvalue weighted by Crippen LogP contribution is -2.37. The molecule has 5 rings (SSSR count). The number of carbonyl (C=O) groups is 1. The summed E-state index contributed by atoms with van der Waals surface area (Å²) in [7, 11) is -3.54. The SMILES string of the molecule is CC1CCN(S(=O)(=O)c2ccc(C(=O)Nc3cccc(-c4nc5ccccc5[nH]4)c3)cc2)CC1. The molecule has 0 atom stereocenters. The monoisotopic (exact) mass is 474 g/mol. The minimum absolute atomic E-state index is 0.213. The molecule has 34 heavy (non-hydrogen) atoms. The number of carbonyl (C=O) groups excluding carboxylic acids is 1. The second-order valence-electron chi connectivity index (χ2n) is 8.75. The Bertz CT molecular complexity index is 1400. The lowest BCUT2D eigenvalue weighted by molar-refractivity contribution is 0.102. The van der Waals surface area contributed by atoms with Gasteiger partial charge in [0.1, 0.15) is 5.82 Å². The van der Waals surface area contributed by atoms with Crippen molar-refractivity contribution < 1.29 is 13.2 Å². The molecular weight excluding hydrogens is 448 g/mol. The van der Waals surface area contributed by atoms with E-state index in [1.54, 1.807) is 18.2 Å². The molecule has 1 amide bonds. The predicted molar refractivity (Wildman–Crippen MR) is 133 cm³/mol. The number of piperidine rings is 1. The Hall–Kier alpha value is -3.49. The van der Waals surface area contributed by atoms with Gasteiger partial charge in [-0.3, -0.25) is 4.79 Å². The van der Waals surface area contributed by atoms with Crippen LogP contribution in [0.25, 0.3) is 22.4 Å². The number of hydrogen-bond donors (Lipinski definition) is 2. The number of H-pyrrole nitrogens is 1. The highest BCUT2D eigenvalue weighted by atomic mass is 32.2. The first-order chi connectivity index (χ1) is 16.4. The summed E-state index contributed by atoms with van der Waals surface area (Å²) in [5, 5.41) is 2.89. The zero-order valence-electron chi connectivity index (χ0n) is 18.9. The minimum atomic E-state index is -3.54. The molecule has 2 heterocycles. The molecule has 1 fully saturated rings. The van der Waals surface area contributed by atoms with Gasteiger partial charge in [0.15, 0.2) is 0 Å². The molecule has 174 valence electrons. The van der Waals surface area contributed by atoms with E-state index in [9.17, 15) is 13.2 Å². The van der Waals surface area contributed by atoms with Crippen molar-refractivity contribution in [2.75, 3.05) is 18.4 Å². The number of rotatable bonds is 5. The van der Waals surface area contributed by atoms with Gasteiger partial charge in [-0.05, 0) is 67.3 Å². The molecule has 1 aliphatic heterocycles. The molecule has 8 heteroatoms. The number of benzene rings is 3. The maximum atomic E-state index is 12.9. The van der Waals surface area contributed by atoms with E-state index in [4.69, 9.17) is 0 Å². The molecule has 1 aliphatic rings. The first-order valence-electron chi connectivity index (χ1n) is 11.4. The molecule has 3 aromatic carbocycles. The van der Waals surface area contributed by atoms with Crippen LogP contribution in [0.2, 0.25) is 0 Å². The molecule has 1 aromatic heterocycles. The fourth-order valence-corrected chi connectivity index (χ4v) is 5.66. The van der Waals surface area contributed by atoms with Crippen LogP contribution in [0, 0.1) is 5.92 Å². The molecule has 0 spiro atoms. The number of nitrogens with one attached hydrogen (secondary N) is 2. The maximum Gasteiger partial charge on any atom is 0.255 e. The third kappa shape index (κ3) is 4.47. The molecule has 0 radical (unpaired) electrons. The predicted octanol–water partition coefficient (Wildman–Crippen LogP) is 4.90.